The second-order valence-corrected chi connectivity index (χ2v) is 27.7. The van der Waals surface area contributed by atoms with Crippen molar-refractivity contribution in [1.29, 1.82) is 0 Å². The van der Waals surface area contributed by atoms with Crippen molar-refractivity contribution in [2.24, 2.45) is 0 Å². The van der Waals surface area contributed by atoms with Crippen LogP contribution >= 0.6 is 0 Å². The Morgan fingerprint density at radius 3 is 1.80 bits per heavy atom. The molecule has 0 saturated carbocycles. The van der Waals surface area contributed by atoms with Gasteiger partial charge in [0.2, 0.25) is 0 Å². The summed E-state index contributed by atoms with van der Waals surface area (Å²) in [5, 5.41) is -3.58. The van der Waals surface area contributed by atoms with E-state index in [0.717, 1.165) is 17.8 Å². The van der Waals surface area contributed by atoms with Crippen molar-refractivity contribution in [2.45, 2.75) is 45.8 Å². The molecule has 1 aliphatic rings. The molecule has 0 saturated heterocycles. The van der Waals surface area contributed by atoms with Crippen LogP contribution < -0.4 is 24.9 Å². The minimum atomic E-state index is -6.67. The third-order valence-electron chi connectivity index (χ3n) is 17.2. The van der Waals surface area contributed by atoms with Crippen LogP contribution in [0.2, 0.25) is 0 Å². The van der Waals surface area contributed by atoms with Crippen molar-refractivity contribution in [1.82, 2.24) is 14.1 Å². The normalized spacial score (nSPS) is 19.8. The summed E-state index contributed by atoms with van der Waals surface area (Å²) in [5.41, 5.74) is -5.94. The molecular formula is C95H72N4OPtSi-2. The predicted octanol–water partition coefficient (Wildman–Crippen LogP) is 21.5. The molecule has 102 heavy (non-hydrogen) atoms. The summed E-state index contributed by atoms with van der Waals surface area (Å²) in [5.74, 6) is -0.122. The summed E-state index contributed by atoms with van der Waals surface area (Å²) in [6.07, 6.45) is -0.0347. The Morgan fingerprint density at radius 2 is 1.12 bits per heavy atom. The summed E-state index contributed by atoms with van der Waals surface area (Å²) < 4.78 is 389. The number of hydrogen-bond acceptors (Lipinski definition) is 2. The van der Waals surface area contributed by atoms with Gasteiger partial charge < -0.3 is 13.9 Å². The summed E-state index contributed by atoms with van der Waals surface area (Å²) >= 11 is 0. The average molecular weight is 1550 g/mol. The Morgan fingerprint density at radius 1 is 0.510 bits per heavy atom. The van der Waals surface area contributed by atoms with E-state index in [-0.39, 0.29) is 71.6 Å². The summed E-state index contributed by atoms with van der Waals surface area (Å²) in [6.45, 7) is 3.03. The number of nitrogens with zero attached hydrogens (tertiary/aromatic N) is 4. The Bertz CT molecular complexity index is 7980. The third kappa shape index (κ3) is 12.1. The number of rotatable bonds is 15. The number of fused-ring (bicyclic) bond motifs is 4. The summed E-state index contributed by atoms with van der Waals surface area (Å²) in [4.78, 5) is 4.70. The van der Waals surface area contributed by atoms with Gasteiger partial charge in [0.15, 0.2) is 8.07 Å². The van der Waals surface area contributed by atoms with Crippen molar-refractivity contribution >= 4 is 56.5 Å². The van der Waals surface area contributed by atoms with E-state index in [9.17, 15) is 31.5 Å². The molecule has 0 bridgehead atoms. The smallest absolute Gasteiger partial charge is 0.268 e. The molecule has 13 aromatic carbocycles. The first-order valence-electron chi connectivity index (χ1n) is 51.6. The van der Waals surface area contributed by atoms with E-state index in [4.69, 9.17) is 33.0 Å². The van der Waals surface area contributed by atoms with Crippen molar-refractivity contribution < 1.29 is 85.2 Å². The van der Waals surface area contributed by atoms with Crippen LogP contribution in [0.25, 0.3) is 117 Å². The maximum absolute atomic E-state index is 11.3. The Kier molecular flexibility index (Phi) is 9.24. The van der Waals surface area contributed by atoms with Gasteiger partial charge in [0.25, 0.3) is 6.33 Å². The van der Waals surface area contributed by atoms with Gasteiger partial charge in [-0.2, -0.15) is 18.2 Å². The van der Waals surface area contributed by atoms with E-state index >= 15 is 0 Å². The first kappa shape index (κ1) is 34.2. The van der Waals surface area contributed by atoms with Gasteiger partial charge in [0.1, 0.15) is 5.82 Å². The van der Waals surface area contributed by atoms with Gasteiger partial charge in [-0.05, 0) is 166 Å². The third-order valence-corrected chi connectivity index (χ3v) is 21.2. The van der Waals surface area contributed by atoms with Crippen molar-refractivity contribution in [3.8, 4) is 95.5 Å². The molecule has 7 heteroatoms. The number of imidazole rings is 1. The number of pyridine rings is 1. The maximum atomic E-state index is 11.3. The molecule has 2 atom stereocenters. The molecule has 1 aliphatic carbocycles. The first-order chi connectivity index (χ1) is 66.2. The molecule has 5 nitrogen and oxygen atoms in total. The maximum Gasteiger partial charge on any atom is 0.268 e. The zero-order valence-electron chi connectivity index (χ0n) is 93.8. The minimum absolute atomic E-state index is 0. The largest absolute Gasteiger partial charge is 0.510 e. The van der Waals surface area contributed by atoms with Gasteiger partial charge in [-0.25, -0.2) is 4.98 Å². The Hall–Kier alpha value is -11.5. The van der Waals surface area contributed by atoms with Crippen LogP contribution in [0.5, 0.6) is 11.5 Å². The monoisotopic (exact) mass is 1550 g/mol. The zero-order valence-corrected chi connectivity index (χ0v) is 57.1. The second kappa shape index (κ2) is 27.5. The molecule has 17 rings (SSSR count). The Labute approximate surface area is 668 Å². The number of para-hydroxylation sites is 2. The van der Waals surface area contributed by atoms with E-state index in [1.807, 2.05) is 45.0 Å². The van der Waals surface area contributed by atoms with Crippen LogP contribution in [0.1, 0.15) is 99.5 Å². The van der Waals surface area contributed by atoms with Crippen molar-refractivity contribution in [3.63, 3.8) is 0 Å². The molecule has 2 unspecified atom stereocenters. The van der Waals surface area contributed by atoms with Crippen LogP contribution in [0.3, 0.4) is 0 Å². The standard InChI is InChI=1S/C95H72N4OSi.Pt/c1-66-56-93(96-64-88(66)70-32-15-7-16-33-70)99-89-47-24-23-44-86(89)87-54-53-79(63-91(87)99)100-78-36-26-35-77(62-78)97-65-98(90-55-50-71(61-92(90)97)69-48-51-76(52-49-69)95(2,3)4)94-84(45-27-46-85(94)75-58-73(67-28-11-5-12-29-67)57-74(59-75)68-30-13-6-14-31-68)72-34-25-43-83(60-72)101(80-37-17-8-18-38-80,81-39-19-9-20-40-81)82-41-21-10-22-42-82;/h5-9,11-21,23-61,64H,10,22H2,1-4H3;/q-2;/i1D3,5D,6D,7D,8D,9D,10D,11D,12D,13D,14D,15D,16D,17D,18D,19D,20D,21D,22D,25D,28D,29D,30D,31D,32D,33D,34D,37D,38D,39D,40D,41D,42D,43D,57D,58D,59D,60D;. The quantitative estimate of drug-likeness (QED) is 0.0444. The minimum Gasteiger partial charge on any atom is -0.510 e. The van der Waals surface area contributed by atoms with Gasteiger partial charge in [-0.1, -0.05) is 292 Å². The van der Waals surface area contributed by atoms with Gasteiger partial charge in [-0.15, -0.1) is 29.7 Å². The summed E-state index contributed by atoms with van der Waals surface area (Å²) in [7, 11) is -6.67. The molecule has 0 amide bonds. The van der Waals surface area contributed by atoms with Gasteiger partial charge in [-0.3, -0.25) is 4.57 Å². The number of aromatic nitrogens is 4. The second-order valence-electron chi connectivity index (χ2n) is 24.2. The Balaban J connectivity index is 0.0000145. The van der Waals surface area contributed by atoms with Gasteiger partial charge in [0, 0.05) is 56.7 Å². The number of ether oxygens (including phenoxy) is 1. The number of allylic oxidation sites excluding steroid dienone is 4. The molecule has 0 radical (unpaired) electrons. The number of aryl methyl sites for hydroxylation is 1. The van der Waals surface area contributed by atoms with Crippen molar-refractivity contribution in [2.75, 3.05) is 0 Å². The zero-order chi connectivity index (χ0) is 103. The average Bonchev–Trinajstić information content (AvgIpc) is 0.817. The molecule has 16 aromatic rings. The van der Waals surface area contributed by atoms with Crippen LogP contribution in [0, 0.1) is 25.3 Å². The molecule has 0 spiro atoms. The molecule has 0 aliphatic heterocycles. The fourth-order valence-electron chi connectivity index (χ4n) is 12.5. The fourth-order valence-corrected chi connectivity index (χ4v) is 16.1. The molecule has 0 N–H and O–H groups in total. The number of benzene rings is 13. The molecule has 494 valence electrons. The van der Waals surface area contributed by atoms with Gasteiger partial charge in [0.05, 0.1) is 64.7 Å². The molecule has 3 aromatic heterocycles. The van der Waals surface area contributed by atoms with Crippen LogP contribution in [-0.4, -0.2) is 22.2 Å². The van der Waals surface area contributed by atoms with Crippen LogP contribution in [0.15, 0.2) is 344 Å². The molecule has 3 heterocycles. The van der Waals surface area contributed by atoms with Crippen LogP contribution in [-0.2, 0) is 26.5 Å². The van der Waals surface area contributed by atoms with Gasteiger partial charge >= 0.3 is 0 Å². The van der Waals surface area contributed by atoms with Crippen LogP contribution in [0.4, 0.5) is 0 Å². The fraction of sp³-hybridized carbons (Fsp3) is 0.0737. The topological polar surface area (TPSA) is 35.9 Å². The SMILES string of the molecule is [2H]C1=C([2H])C([2H])C([2H])C([2H])=C1[Si](c1c([2H])c([2H])c([2H])c([2H])c1[2H])(c1c([2H])c([2H])c([2H])c([2H])c1[2H])c1c([2H])c([2H])c([2H])c(-c2cccc(-c3c([2H])c(-c4c([2H])c([2H])c([2H])c([2H])c4[2H])c([2H])c(-c4c([2H])c([2H])c([2H])c([2H])c4[2H])c3[2H])c2-[n+]2[c-]n(-c3[c-]c(Oc4[c-]c5c(cc4)c4ccccc4n5-c4cc(C([2H])([2H])[2H])c(-c5c([2H])c([2H])c([2H])c([2H])c5[2H])cn4)ccc3)c3cc(-c4ccc(C(C)(C)C)cc4)ccc32)c1[2H].[Pt]. The molecule has 0 fully saturated rings. The summed E-state index contributed by atoms with van der Waals surface area (Å²) in [6, 6.07) is 0.107. The first-order valence-corrected chi connectivity index (χ1v) is 33.5. The van der Waals surface area contributed by atoms with Crippen molar-refractivity contribution in [3.05, 3.63) is 374 Å². The predicted molar refractivity (Wildman–Crippen MR) is 420 cm³/mol. The van der Waals surface area contributed by atoms with E-state index in [1.165, 1.54) is 45.5 Å². The van der Waals surface area contributed by atoms with E-state index in [0.29, 0.717) is 27.4 Å². The number of hydrogen-bond donors (Lipinski definition) is 0. The van der Waals surface area contributed by atoms with E-state index in [1.54, 1.807) is 59.2 Å². The van der Waals surface area contributed by atoms with E-state index < -0.39 is 321 Å². The van der Waals surface area contributed by atoms with E-state index in [2.05, 4.69) is 18.5 Å². The molecular weight excluding hydrogens is 1440 g/mol.